The average Bonchev–Trinajstić information content (AvgIpc) is 2.45. The zero-order valence-electron chi connectivity index (χ0n) is 12.5. The van der Waals surface area contributed by atoms with Crippen molar-refractivity contribution in [1.82, 2.24) is 4.90 Å². The fourth-order valence-electron chi connectivity index (χ4n) is 2.47. The summed E-state index contributed by atoms with van der Waals surface area (Å²) in [6.07, 6.45) is 1.33. The SMILES string of the molecule is CCCOc1ccc(C(N)CN2CCOC(C)C2)cc1. The van der Waals surface area contributed by atoms with E-state index in [1.54, 1.807) is 0 Å². The second kappa shape index (κ2) is 7.62. The van der Waals surface area contributed by atoms with Crippen LogP contribution in [0.4, 0.5) is 0 Å². The molecule has 0 amide bonds. The first kappa shape index (κ1) is 15.3. The van der Waals surface area contributed by atoms with E-state index in [1.807, 2.05) is 12.1 Å². The molecule has 0 aromatic heterocycles. The molecule has 0 spiro atoms. The van der Waals surface area contributed by atoms with Gasteiger partial charge in [0.25, 0.3) is 0 Å². The molecule has 1 aliphatic rings. The van der Waals surface area contributed by atoms with Gasteiger partial charge >= 0.3 is 0 Å². The lowest BCUT2D eigenvalue weighted by Crippen LogP contribution is -2.44. The molecule has 0 radical (unpaired) electrons. The van der Waals surface area contributed by atoms with Crippen LogP contribution in [0.15, 0.2) is 24.3 Å². The van der Waals surface area contributed by atoms with Crippen molar-refractivity contribution in [3.05, 3.63) is 29.8 Å². The van der Waals surface area contributed by atoms with Crippen molar-refractivity contribution in [1.29, 1.82) is 0 Å². The summed E-state index contributed by atoms with van der Waals surface area (Å²) >= 11 is 0. The Morgan fingerprint density at radius 2 is 2.15 bits per heavy atom. The third-order valence-corrected chi connectivity index (χ3v) is 3.56. The lowest BCUT2D eigenvalue weighted by molar-refractivity contribution is -0.0199. The molecule has 20 heavy (non-hydrogen) atoms. The fraction of sp³-hybridized carbons (Fsp3) is 0.625. The third kappa shape index (κ3) is 4.47. The Labute approximate surface area is 121 Å². The fourth-order valence-corrected chi connectivity index (χ4v) is 2.47. The second-order valence-electron chi connectivity index (χ2n) is 5.46. The van der Waals surface area contributed by atoms with Crippen molar-refractivity contribution < 1.29 is 9.47 Å². The van der Waals surface area contributed by atoms with Crippen LogP contribution in [0.1, 0.15) is 31.9 Å². The molecule has 2 atom stereocenters. The van der Waals surface area contributed by atoms with E-state index in [0.717, 1.165) is 50.6 Å². The molecular formula is C16H26N2O2. The van der Waals surface area contributed by atoms with Crippen LogP contribution < -0.4 is 10.5 Å². The second-order valence-corrected chi connectivity index (χ2v) is 5.46. The van der Waals surface area contributed by atoms with Gasteiger partial charge in [-0.05, 0) is 31.0 Å². The number of ether oxygens (including phenoxy) is 2. The van der Waals surface area contributed by atoms with Crippen LogP contribution in [0.25, 0.3) is 0 Å². The summed E-state index contributed by atoms with van der Waals surface area (Å²) in [5.41, 5.74) is 7.46. The molecule has 1 heterocycles. The zero-order chi connectivity index (χ0) is 14.4. The van der Waals surface area contributed by atoms with Crippen molar-refractivity contribution in [2.45, 2.75) is 32.4 Å². The van der Waals surface area contributed by atoms with E-state index in [9.17, 15) is 0 Å². The van der Waals surface area contributed by atoms with Crippen LogP contribution >= 0.6 is 0 Å². The van der Waals surface area contributed by atoms with Crippen molar-refractivity contribution in [3.63, 3.8) is 0 Å². The maximum Gasteiger partial charge on any atom is 0.119 e. The summed E-state index contributed by atoms with van der Waals surface area (Å²) < 4.78 is 11.1. The largest absolute Gasteiger partial charge is 0.494 e. The highest BCUT2D eigenvalue weighted by molar-refractivity contribution is 5.29. The molecule has 0 aliphatic carbocycles. The first-order valence-corrected chi connectivity index (χ1v) is 7.51. The van der Waals surface area contributed by atoms with Gasteiger partial charge in [-0.1, -0.05) is 19.1 Å². The lowest BCUT2D eigenvalue weighted by Gasteiger charge is -2.32. The predicted octanol–water partition coefficient (Wildman–Crippen LogP) is 2.20. The third-order valence-electron chi connectivity index (χ3n) is 3.56. The van der Waals surface area contributed by atoms with Crippen LogP contribution in [0.2, 0.25) is 0 Å². The Bertz CT molecular complexity index is 394. The van der Waals surface area contributed by atoms with E-state index >= 15 is 0 Å². The molecule has 4 nitrogen and oxygen atoms in total. The van der Waals surface area contributed by atoms with Crippen molar-refractivity contribution in [3.8, 4) is 5.75 Å². The molecule has 2 unspecified atom stereocenters. The van der Waals surface area contributed by atoms with Crippen molar-refractivity contribution in [2.75, 3.05) is 32.8 Å². The minimum atomic E-state index is 0.0422. The highest BCUT2D eigenvalue weighted by Gasteiger charge is 2.19. The minimum Gasteiger partial charge on any atom is -0.494 e. The van der Waals surface area contributed by atoms with Gasteiger partial charge < -0.3 is 15.2 Å². The molecule has 1 saturated heterocycles. The molecule has 2 N–H and O–H groups in total. The zero-order valence-corrected chi connectivity index (χ0v) is 12.5. The molecule has 0 bridgehead atoms. The van der Waals surface area contributed by atoms with Gasteiger partial charge in [0.1, 0.15) is 5.75 Å². The molecule has 1 aromatic rings. The van der Waals surface area contributed by atoms with Gasteiger partial charge in [-0.2, -0.15) is 0 Å². The molecule has 4 heteroatoms. The Morgan fingerprint density at radius 3 is 2.80 bits per heavy atom. The van der Waals surface area contributed by atoms with Crippen molar-refractivity contribution in [2.24, 2.45) is 5.73 Å². The van der Waals surface area contributed by atoms with E-state index in [4.69, 9.17) is 15.2 Å². The Hall–Kier alpha value is -1.10. The Morgan fingerprint density at radius 1 is 1.40 bits per heavy atom. The monoisotopic (exact) mass is 278 g/mol. The Kier molecular flexibility index (Phi) is 5.83. The first-order chi connectivity index (χ1) is 9.69. The average molecular weight is 278 g/mol. The summed E-state index contributed by atoms with van der Waals surface area (Å²) in [6.45, 7) is 8.59. The maximum atomic E-state index is 6.30. The molecule has 1 fully saturated rings. The van der Waals surface area contributed by atoms with Gasteiger partial charge in [0, 0.05) is 25.7 Å². The van der Waals surface area contributed by atoms with Crippen LogP contribution in [0.5, 0.6) is 5.75 Å². The molecule has 112 valence electrons. The van der Waals surface area contributed by atoms with Crippen LogP contribution in [0, 0.1) is 0 Å². The van der Waals surface area contributed by atoms with E-state index in [0.29, 0.717) is 6.10 Å². The highest BCUT2D eigenvalue weighted by Crippen LogP contribution is 2.18. The van der Waals surface area contributed by atoms with Crippen LogP contribution in [-0.2, 0) is 4.74 Å². The molecule has 1 aliphatic heterocycles. The van der Waals surface area contributed by atoms with Gasteiger partial charge in [0.05, 0.1) is 19.3 Å². The number of hydrogen-bond acceptors (Lipinski definition) is 4. The van der Waals surface area contributed by atoms with Gasteiger partial charge in [-0.3, -0.25) is 4.90 Å². The summed E-state index contributed by atoms with van der Waals surface area (Å²) in [4.78, 5) is 2.38. The van der Waals surface area contributed by atoms with Gasteiger partial charge in [-0.15, -0.1) is 0 Å². The topological polar surface area (TPSA) is 47.7 Å². The number of nitrogens with zero attached hydrogens (tertiary/aromatic N) is 1. The summed E-state index contributed by atoms with van der Waals surface area (Å²) in [5, 5.41) is 0. The molecule has 0 saturated carbocycles. The van der Waals surface area contributed by atoms with Crippen LogP contribution in [-0.4, -0.2) is 43.9 Å². The van der Waals surface area contributed by atoms with Gasteiger partial charge in [0.15, 0.2) is 0 Å². The maximum absolute atomic E-state index is 6.30. The smallest absolute Gasteiger partial charge is 0.119 e. The van der Waals surface area contributed by atoms with Gasteiger partial charge in [-0.25, -0.2) is 0 Å². The lowest BCUT2D eigenvalue weighted by atomic mass is 10.1. The van der Waals surface area contributed by atoms with E-state index in [2.05, 4.69) is 30.9 Å². The Balaban J connectivity index is 1.86. The number of rotatable bonds is 6. The van der Waals surface area contributed by atoms with Crippen LogP contribution in [0.3, 0.4) is 0 Å². The summed E-state index contributed by atoms with van der Waals surface area (Å²) in [5.74, 6) is 0.919. The number of morpholine rings is 1. The number of benzene rings is 1. The van der Waals surface area contributed by atoms with Crippen molar-refractivity contribution >= 4 is 0 Å². The number of nitrogens with two attached hydrogens (primary N) is 1. The van der Waals surface area contributed by atoms with E-state index in [1.165, 1.54) is 0 Å². The standard InChI is InChI=1S/C16H26N2O2/c1-3-9-20-15-6-4-14(5-7-15)16(17)12-18-8-10-19-13(2)11-18/h4-7,13,16H,3,8-12,17H2,1-2H3. The van der Waals surface area contributed by atoms with Gasteiger partial charge in [0.2, 0.25) is 0 Å². The van der Waals surface area contributed by atoms with E-state index in [-0.39, 0.29) is 6.04 Å². The molecular weight excluding hydrogens is 252 g/mol. The summed E-state index contributed by atoms with van der Waals surface area (Å²) in [7, 11) is 0. The summed E-state index contributed by atoms with van der Waals surface area (Å²) in [6, 6.07) is 8.19. The minimum absolute atomic E-state index is 0.0422. The first-order valence-electron chi connectivity index (χ1n) is 7.51. The van der Waals surface area contributed by atoms with E-state index < -0.39 is 0 Å². The number of hydrogen-bond donors (Lipinski definition) is 1. The molecule has 2 rings (SSSR count). The quantitative estimate of drug-likeness (QED) is 0.866. The molecule has 1 aromatic carbocycles. The normalized spacial score (nSPS) is 21.6. The predicted molar refractivity (Wildman–Crippen MR) is 81.0 cm³/mol. The highest BCUT2D eigenvalue weighted by atomic mass is 16.5.